The Morgan fingerprint density at radius 2 is 2.19 bits per heavy atom. The number of furan rings is 1. The SMILES string of the molecule is OC(c1ccoc1)C1NCc2ccccc21. The summed E-state index contributed by atoms with van der Waals surface area (Å²) in [6.45, 7) is 0.815. The van der Waals surface area contributed by atoms with E-state index in [0.29, 0.717) is 0 Å². The van der Waals surface area contributed by atoms with Crippen molar-refractivity contribution in [2.45, 2.75) is 18.7 Å². The summed E-state index contributed by atoms with van der Waals surface area (Å²) in [5, 5.41) is 13.6. The maximum atomic E-state index is 10.2. The van der Waals surface area contributed by atoms with Crippen LogP contribution in [0.3, 0.4) is 0 Å². The van der Waals surface area contributed by atoms with Crippen LogP contribution in [0.5, 0.6) is 0 Å². The number of nitrogens with one attached hydrogen (secondary N) is 1. The molecule has 0 amide bonds. The third kappa shape index (κ3) is 1.45. The van der Waals surface area contributed by atoms with Crippen molar-refractivity contribution in [3.8, 4) is 0 Å². The van der Waals surface area contributed by atoms with Gasteiger partial charge < -0.3 is 14.8 Å². The number of benzene rings is 1. The molecule has 0 saturated heterocycles. The van der Waals surface area contributed by atoms with Gasteiger partial charge in [-0.15, -0.1) is 0 Å². The van der Waals surface area contributed by atoms with Gasteiger partial charge in [0.15, 0.2) is 0 Å². The first-order chi connectivity index (χ1) is 7.86. The van der Waals surface area contributed by atoms with Gasteiger partial charge in [0.05, 0.1) is 18.6 Å². The highest BCUT2D eigenvalue weighted by Gasteiger charge is 2.29. The van der Waals surface area contributed by atoms with Crippen LogP contribution in [-0.2, 0) is 6.54 Å². The average Bonchev–Trinajstić information content (AvgIpc) is 2.98. The van der Waals surface area contributed by atoms with E-state index in [4.69, 9.17) is 4.42 Å². The number of aliphatic hydroxyl groups is 1. The Labute approximate surface area is 93.7 Å². The predicted octanol–water partition coefficient (Wildman–Crippen LogP) is 2.16. The van der Waals surface area contributed by atoms with Crippen molar-refractivity contribution in [2.75, 3.05) is 0 Å². The molecule has 2 unspecified atom stereocenters. The zero-order chi connectivity index (χ0) is 11.0. The fourth-order valence-electron chi connectivity index (χ4n) is 2.25. The average molecular weight is 215 g/mol. The highest BCUT2D eigenvalue weighted by molar-refractivity contribution is 5.35. The van der Waals surface area contributed by atoms with E-state index in [0.717, 1.165) is 12.1 Å². The zero-order valence-corrected chi connectivity index (χ0v) is 8.76. The molecular weight excluding hydrogens is 202 g/mol. The minimum Gasteiger partial charge on any atom is -0.472 e. The lowest BCUT2D eigenvalue weighted by Gasteiger charge is -2.18. The van der Waals surface area contributed by atoms with E-state index in [9.17, 15) is 5.11 Å². The molecule has 3 nitrogen and oxygen atoms in total. The van der Waals surface area contributed by atoms with E-state index in [1.54, 1.807) is 18.6 Å². The van der Waals surface area contributed by atoms with Gasteiger partial charge in [0.1, 0.15) is 6.10 Å². The molecule has 3 heteroatoms. The van der Waals surface area contributed by atoms with Crippen molar-refractivity contribution in [3.63, 3.8) is 0 Å². The first-order valence-corrected chi connectivity index (χ1v) is 5.37. The van der Waals surface area contributed by atoms with Crippen LogP contribution >= 0.6 is 0 Å². The lowest BCUT2D eigenvalue weighted by atomic mass is 9.98. The first kappa shape index (κ1) is 9.63. The summed E-state index contributed by atoms with van der Waals surface area (Å²) in [5.74, 6) is 0. The fraction of sp³-hybridized carbons (Fsp3) is 0.231. The fourth-order valence-corrected chi connectivity index (χ4v) is 2.25. The van der Waals surface area contributed by atoms with Crippen molar-refractivity contribution in [1.29, 1.82) is 0 Å². The number of aliphatic hydroxyl groups excluding tert-OH is 1. The Hall–Kier alpha value is -1.58. The Bertz CT molecular complexity index is 478. The van der Waals surface area contributed by atoms with Crippen LogP contribution in [0.1, 0.15) is 28.8 Å². The van der Waals surface area contributed by atoms with E-state index in [2.05, 4.69) is 17.4 Å². The normalized spacial score (nSPS) is 20.7. The molecule has 0 saturated carbocycles. The summed E-state index contributed by atoms with van der Waals surface area (Å²) in [5.41, 5.74) is 3.25. The van der Waals surface area contributed by atoms with Crippen LogP contribution in [-0.4, -0.2) is 5.11 Å². The van der Waals surface area contributed by atoms with Crippen molar-refractivity contribution in [1.82, 2.24) is 5.32 Å². The van der Waals surface area contributed by atoms with Crippen LogP contribution in [0.4, 0.5) is 0 Å². The third-order valence-corrected chi connectivity index (χ3v) is 3.10. The Kier molecular flexibility index (Phi) is 2.27. The molecule has 2 N–H and O–H groups in total. The summed E-state index contributed by atoms with van der Waals surface area (Å²) in [4.78, 5) is 0. The van der Waals surface area contributed by atoms with E-state index in [1.165, 1.54) is 11.1 Å². The molecule has 2 atom stereocenters. The first-order valence-electron chi connectivity index (χ1n) is 5.37. The van der Waals surface area contributed by atoms with Crippen LogP contribution in [0.15, 0.2) is 47.3 Å². The van der Waals surface area contributed by atoms with E-state index >= 15 is 0 Å². The van der Waals surface area contributed by atoms with E-state index in [-0.39, 0.29) is 6.04 Å². The van der Waals surface area contributed by atoms with Crippen molar-refractivity contribution >= 4 is 0 Å². The van der Waals surface area contributed by atoms with Crippen molar-refractivity contribution < 1.29 is 9.52 Å². The Morgan fingerprint density at radius 1 is 1.31 bits per heavy atom. The second-order valence-electron chi connectivity index (χ2n) is 4.06. The van der Waals surface area contributed by atoms with E-state index in [1.807, 2.05) is 12.1 Å². The van der Waals surface area contributed by atoms with Gasteiger partial charge >= 0.3 is 0 Å². The summed E-state index contributed by atoms with van der Waals surface area (Å²) in [6, 6.07) is 9.93. The minimum atomic E-state index is -0.553. The summed E-state index contributed by atoms with van der Waals surface area (Å²) in [6.07, 6.45) is 2.62. The van der Waals surface area contributed by atoms with Gasteiger partial charge in [0, 0.05) is 12.1 Å². The van der Waals surface area contributed by atoms with Gasteiger partial charge in [-0.3, -0.25) is 0 Å². The molecule has 0 radical (unpaired) electrons. The molecule has 82 valence electrons. The monoisotopic (exact) mass is 215 g/mol. The van der Waals surface area contributed by atoms with Crippen LogP contribution in [0.25, 0.3) is 0 Å². The maximum absolute atomic E-state index is 10.2. The Balaban J connectivity index is 1.93. The van der Waals surface area contributed by atoms with Crippen LogP contribution in [0, 0.1) is 0 Å². The lowest BCUT2D eigenvalue weighted by Crippen LogP contribution is -2.19. The molecule has 2 heterocycles. The highest BCUT2D eigenvalue weighted by atomic mass is 16.3. The number of hydrogen-bond donors (Lipinski definition) is 2. The zero-order valence-electron chi connectivity index (χ0n) is 8.76. The molecule has 16 heavy (non-hydrogen) atoms. The van der Waals surface area contributed by atoms with Crippen LogP contribution < -0.4 is 5.32 Å². The van der Waals surface area contributed by atoms with E-state index < -0.39 is 6.10 Å². The lowest BCUT2D eigenvalue weighted by molar-refractivity contribution is 0.133. The van der Waals surface area contributed by atoms with Gasteiger partial charge in [0.2, 0.25) is 0 Å². The second-order valence-corrected chi connectivity index (χ2v) is 4.06. The largest absolute Gasteiger partial charge is 0.472 e. The smallest absolute Gasteiger partial charge is 0.102 e. The van der Waals surface area contributed by atoms with Gasteiger partial charge in [-0.1, -0.05) is 24.3 Å². The van der Waals surface area contributed by atoms with Gasteiger partial charge in [-0.25, -0.2) is 0 Å². The van der Waals surface area contributed by atoms with Gasteiger partial charge in [-0.2, -0.15) is 0 Å². The molecule has 0 bridgehead atoms. The minimum absolute atomic E-state index is 0.0335. The van der Waals surface area contributed by atoms with Crippen molar-refractivity contribution in [3.05, 3.63) is 59.5 Å². The molecule has 0 fully saturated rings. The Morgan fingerprint density at radius 3 is 3.00 bits per heavy atom. The molecular formula is C13H13NO2. The predicted molar refractivity (Wildman–Crippen MR) is 59.7 cm³/mol. The molecule has 2 aromatic rings. The third-order valence-electron chi connectivity index (χ3n) is 3.10. The maximum Gasteiger partial charge on any atom is 0.102 e. The molecule has 1 aliphatic rings. The quantitative estimate of drug-likeness (QED) is 0.806. The number of hydrogen-bond acceptors (Lipinski definition) is 3. The summed E-state index contributed by atoms with van der Waals surface area (Å²) in [7, 11) is 0. The standard InChI is InChI=1S/C13H13NO2/c15-13(10-5-6-16-8-10)12-11-4-2-1-3-9(11)7-14-12/h1-6,8,12-15H,7H2. The molecule has 1 aliphatic heterocycles. The van der Waals surface area contributed by atoms with Crippen molar-refractivity contribution in [2.24, 2.45) is 0 Å². The van der Waals surface area contributed by atoms with Gasteiger partial charge in [0.25, 0.3) is 0 Å². The molecule has 3 rings (SSSR count). The van der Waals surface area contributed by atoms with Gasteiger partial charge in [-0.05, 0) is 17.2 Å². The summed E-state index contributed by atoms with van der Waals surface area (Å²) < 4.78 is 5.00. The molecule has 1 aromatic heterocycles. The second kappa shape index (κ2) is 3.77. The highest BCUT2D eigenvalue weighted by Crippen LogP contribution is 2.34. The topological polar surface area (TPSA) is 45.4 Å². The van der Waals surface area contributed by atoms with Crippen LogP contribution in [0.2, 0.25) is 0 Å². The summed E-state index contributed by atoms with van der Waals surface area (Å²) >= 11 is 0. The number of rotatable bonds is 2. The number of fused-ring (bicyclic) bond motifs is 1. The molecule has 0 spiro atoms. The molecule has 0 aliphatic carbocycles. The molecule has 1 aromatic carbocycles.